The van der Waals surface area contributed by atoms with E-state index in [1.54, 1.807) is 0 Å². The van der Waals surface area contributed by atoms with Crippen LogP contribution in [-0.4, -0.2) is 13.7 Å². The lowest BCUT2D eigenvalue weighted by atomic mass is 10.0. The van der Waals surface area contributed by atoms with E-state index in [2.05, 4.69) is 431 Å². The summed E-state index contributed by atoms with van der Waals surface area (Å²) in [5.74, 6) is 0. The number of aryl methyl sites for hydroxylation is 3. The predicted octanol–water partition coefficient (Wildman–Crippen LogP) is 35.5. The summed E-state index contributed by atoms with van der Waals surface area (Å²) in [6, 6.07) is 143. The second kappa shape index (κ2) is 38.6. The molecule has 0 spiro atoms. The smallest absolute Gasteiger partial charge is 0.0614 e. The first-order valence-corrected chi connectivity index (χ1v) is 46.8. The third-order valence-electron chi connectivity index (χ3n) is 26.2. The van der Waals surface area contributed by atoms with Gasteiger partial charge < -0.3 is 28.4 Å². The van der Waals surface area contributed by atoms with E-state index in [4.69, 9.17) is 0 Å². The number of hydrogen-bond acceptors (Lipinski definition) is 3. The molecule has 6 nitrogen and oxygen atoms in total. The number of fused-ring (bicyclic) bond motifs is 12. The summed E-state index contributed by atoms with van der Waals surface area (Å²) in [7, 11) is 0. The van der Waals surface area contributed by atoms with Crippen LogP contribution in [0.4, 0.5) is 51.2 Å². The summed E-state index contributed by atoms with van der Waals surface area (Å²) in [6.45, 7) is 9.62. The van der Waals surface area contributed by atoms with Gasteiger partial charge in [-0.2, -0.15) is 0 Å². The van der Waals surface area contributed by atoms with Crippen molar-refractivity contribution in [3.05, 3.63) is 382 Å². The Bertz CT molecular complexity index is 5880. The molecule has 0 saturated carbocycles. The number of unbranched alkanes of at least 4 members (excludes halogenated alkanes) is 15. The third kappa shape index (κ3) is 17.1. The lowest BCUT2D eigenvalue weighted by Gasteiger charge is -2.26. The molecule has 126 heavy (non-hydrogen) atoms. The van der Waals surface area contributed by atoms with Crippen LogP contribution in [0.2, 0.25) is 0 Å². The summed E-state index contributed by atoms with van der Waals surface area (Å²) >= 11 is 0. The Kier molecular flexibility index (Phi) is 25.1. The standard InChI is InChI=1S/C120H114N6/c1-4-7-10-13-16-37-82-121-112-85-106(124(100-64-52-94(53-65-100)88-40-25-19-26-41-88)101-66-54-95(55-67-101)89-42-27-20-28-43-89)76-79-109(112)115-118(121)116-110-80-77-107(125(102-68-56-96(57-69-102)90-44-29-21-30-45-90)103-70-58-97(59-71-103)91-46-31-22-32-47-91)86-113(110)122(83-38-17-14-11-8-5-2)120(116)117-111-81-78-108(87-114(111)123(119(115)117)84-39-18-15-12-9-6-3)126(104-72-60-98(61-73-104)92-48-33-23-34-49-92)105-74-62-99(63-75-105)93-50-35-24-36-51-93/h19-36,40-81,85-87H,4-18,37-39,82-84H2,1-3H3. The largest absolute Gasteiger partial charge is 0.340 e. The molecule has 0 aliphatic carbocycles. The Hall–Kier alpha value is -13.7. The van der Waals surface area contributed by atoms with Crippen LogP contribution >= 0.6 is 0 Å². The first-order chi connectivity index (χ1) is 62.4. The van der Waals surface area contributed by atoms with Gasteiger partial charge in [-0.1, -0.05) is 390 Å². The molecule has 16 aromatic carbocycles. The topological polar surface area (TPSA) is 24.5 Å². The highest BCUT2D eigenvalue weighted by molar-refractivity contribution is 6.40. The lowest BCUT2D eigenvalue weighted by molar-refractivity contribution is 0.570. The molecular formula is C120H114N6. The van der Waals surface area contributed by atoms with Gasteiger partial charge in [0.15, 0.2) is 0 Å². The van der Waals surface area contributed by atoms with Crippen molar-refractivity contribution in [3.8, 4) is 66.8 Å². The summed E-state index contributed by atoms with van der Waals surface area (Å²) in [4.78, 5) is 7.54. The number of rotatable bonds is 36. The average molecular weight is 1640 g/mol. The molecule has 19 rings (SSSR count). The zero-order chi connectivity index (χ0) is 84.9. The van der Waals surface area contributed by atoms with Crippen molar-refractivity contribution in [2.45, 2.75) is 156 Å². The third-order valence-corrected chi connectivity index (χ3v) is 26.2. The first-order valence-electron chi connectivity index (χ1n) is 46.8. The van der Waals surface area contributed by atoms with Crippen molar-refractivity contribution < 1.29 is 0 Å². The Morgan fingerprint density at radius 3 is 0.524 bits per heavy atom. The van der Waals surface area contributed by atoms with Gasteiger partial charge in [-0.25, -0.2) is 0 Å². The molecule has 0 aliphatic rings. The highest BCUT2D eigenvalue weighted by Gasteiger charge is 2.31. The van der Waals surface area contributed by atoms with Gasteiger partial charge in [-0.05, 0) is 195 Å². The Morgan fingerprint density at radius 2 is 0.333 bits per heavy atom. The number of anilines is 9. The summed E-state index contributed by atoms with van der Waals surface area (Å²) in [6.07, 6.45) is 21.4. The molecule has 19 aromatic rings. The quantitative estimate of drug-likeness (QED) is 0.0366. The van der Waals surface area contributed by atoms with E-state index >= 15 is 0 Å². The van der Waals surface area contributed by atoms with Crippen LogP contribution in [0.25, 0.3) is 132 Å². The molecule has 6 heteroatoms. The Balaban J connectivity index is 0.907. The molecule has 624 valence electrons. The maximum Gasteiger partial charge on any atom is 0.0614 e. The van der Waals surface area contributed by atoms with Gasteiger partial charge in [0.1, 0.15) is 0 Å². The number of benzene rings is 16. The number of nitrogens with zero attached hydrogens (tertiary/aromatic N) is 6. The summed E-state index contributed by atoms with van der Waals surface area (Å²) in [5, 5.41) is 7.87. The fraction of sp³-hybridized carbons (Fsp3) is 0.200. The minimum atomic E-state index is 0.866. The van der Waals surface area contributed by atoms with Crippen molar-refractivity contribution in [2.75, 3.05) is 14.7 Å². The Morgan fingerprint density at radius 1 is 0.167 bits per heavy atom. The van der Waals surface area contributed by atoms with Crippen molar-refractivity contribution >= 4 is 117 Å². The molecule has 0 saturated heterocycles. The fourth-order valence-corrected chi connectivity index (χ4v) is 19.7. The van der Waals surface area contributed by atoms with Crippen molar-refractivity contribution in [1.82, 2.24) is 13.7 Å². The minimum Gasteiger partial charge on any atom is -0.340 e. The normalized spacial score (nSPS) is 11.6. The number of hydrogen-bond donors (Lipinski definition) is 0. The van der Waals surface area contributed by atoms with E-state index in [0.717, 1.165) is 109 Å². The van der Waals surface area contributed by atoms with E-state index in [1.165, 1.54) is 209 Å². The molecule has 0 radical (unpaired) electrons. The molecule has 0 unspecified atom stereocenters. The van der Waals surface area contributed by atoms with Crippen molar-refractivity contribution in [1.29, 1.82) is 0 Å². The summed E-state index contributed by atoms with van der Waals surface area (Å²) in [5.41, 5.74) is 32.2. The van der Waals surface area contributed by atoms with Crippen LogP contribution in [0.15, 0.2) is 382 Å². The number of aromatic nitrogens is 3. The second-order valence-electron chi connectivity index (χ2n) is 34.5. The SMILES string of the molecule is CCCCCCCCn1c2cc(N(c3ccc(-c4ccccc4)cc3)c3ccc(-c4ccccc4)cc3)ccc2c2c1c1c3ccc(N(c4ccc(-c5ccccc5)cc4)c4ccc(-c5ccccc5)cc4)cc3n(CCCCCCCC)c1c1c3ccc(N(c4ccc(-c5ccccc5)cc4)c4ccc(-c5ccccc5)cc4)cc3n(CCCCCCCC)c21. The zero-order valence-corrected chi connectivity index (χ0v) is 73.4. The summed E-state index contributed by atoms with van der Waals surface area (Å²) < 4.78 is 8.54. The van der Waals surface area contributed by atoms with Gasteiger partial charge in [0, 0.05) is 103 Å². The van der Waals surface area contributed by atoms with Crippen LogP contribution in [0.5, 0.6) is 0 Å². The van der Waals surface area contributed by atoms with E-state index in [9.17, 15) is 0 Å². The van der Waals surface area contributed by atoms with Gasteiger partial charge in [0.2, 0.25) is 0 Å². The second-order valence-corrected chi connectivity index (χ2v) is 34.5. The van der Waals surface area contributed by atoms with Crippen molar-refractivity contribution in [2.24, 2.45) is 0 Å². The monoisotopic (exact) mass is 1640 g/mol. The van der Waals surface area contributed by atoms with Crippen LogP contribution in [-0.2, 0) is 19.6 Å². The van der Waals surface area contributed by atoms with Gasteiger partial charge in [0.25, 0.3) is 0 Å². The van der Waals surface area contributed by atoms with Crippen LogP contribution in [0.1, 0.15) is 136 Å². The van der Waals surface area contributed by atoms with E-state index in [1.807, 2.05) is 0 Å². The first kappa shape index (κ1) is 82.0. The van der Waals surface area contributed by atoms with Gasteiger partial charge in [-0.3, -0.25) is 0 Å². The molecule has 0 atom stereocenters. The minimum absolute atomic E-state index is 0.866. The lowest BCUT2D eigenvalue weighted by Crippen LogP contribution is -2.10. The molecular weight excluding hydrogens is 1530 g/mol. The fourth-order valence-electron chi connectivity index (χ4n) is 19.7. The zero-order valence-electron chi connectivity index (χ0n) is 73.4. The van der Waals surface area contributed by atoms with Crippen LogP contribution < -0.4 is 14.7 Å². The molecule has 3 heterocycles. The highest BCUT2D eigenvalue weighted by atomic mass is 15.2. The molecule has 0 aliphatic heterocycles. The van der Waals surface area contributed by atoms with Gasteiger partial charge in [-0.15, -0.1) is 0 Å². The van der Waals surface area contributed by atoms with Crippen LogP contribution in [0, 0.1) is 0 Å². The molecule has 0 N–H and O–H groups in total. The Labute approximate surface area is 745 Å². The van der Waals surface area contributed by atoms with Crippen molar-refractivity contribution in [3.63, 3.8) is 0 Å². The molecule has 0 fully saturated rings. The molecule has 0 amide bonds. The highest BCUT2D eigenvalue weighted by Crippen LogP contribution is 2.53. The molecule has 3 aromatic heterocycles. The van der Waals surface area contributed by atoms with Gasteiger partial charge in [0.05, 0.1) is 33.1 Å². The van der Waals surface area contributed by atoms with E-state index < -0.39 is 0 Å². The van der Waals surface area contributed by atoms with E-state index in [-0.39, 0.29) is 0 Å². The maximum absolute atomic E-state index is 2.85. The van der Waals surface area contributed by atoms with Crippen LogP contribution in [0.3, 0.4) is 0 Å². The molecule has 0 bridgehead atoms. The predicted molar refractivity (Wildman–Crippen MR) is 542 cm³/mol. The van der Waals surface area contributed by atoms with Gasteiger partial charge >= 0.3 is 0 Å². The van der Waals surface area contributed by atoms with E-state index in [0.29, 0.717) is 0 Å². The maximum atomic E-state index is 2.85. The average Bonchev–Trinajstić information content (AvgIpc) is 1.51.